The average molecular weight is 423 g/mol. The number of hydrogen-bond acceptors (Lipinski definition) is 5. The molecule has 0 fully saturated rings. The van der Waals surface area contributed by atoms with E-state index in [0.717, 1.165) is 6.07 Å². The predicted octanol–water partition coefficient (Wildman–Crippen LogP) is 3.22. The lowest BCUT2D eigenvalue weighted by Crippen LogP contribution is -2.29. The number of hydrogen-bond donors (Lipinski definition) is 2. The van der Waals surface area contributed by atoms with Crippen LogP contribution < -0.4 is 25.7 Å². The Morgan fingerprint density at radius 3 is 2.55 bits per heavy atom. The lowest BCUT2D eigenvalue weighted by molar-refractivity contribution is -0.114. The number of pyridine rings is 1. The maximum absolute atomic E-state index is 14.2. The molecule has 2 amide bonds. The third-order valence-electron chi connectivity index (χ3n) is 4.70. The van der Waals surface area contributed by atoms with Crippen LogP contribution >= 0.6 is 0 Å². The molecule has 1 aromatic heterocycles. The SMILES string of the molecule is CC(=O)Nc1ccc(NC(=O)c2c(C)ccn(-c3ccc4c(c3)OCO4)c2=O)cc1F. The van der Waals surface area contributed by atoms with Crippen molar-refractivity contribution in [3.63, 3.8) is 0 Å². The molecule has 4 rings (SSSR count). The van der Waals surface area contributed by atoms with Gasteiger partial charge in [-0.2, -0.15) is 0 Å². The predicted molar refractivity (Wildman–Crippen MR) is 112 cm³/mol. The molecule has 0 bridgehead atoms. The molecule has 0 radical (unpaired) electrons. The van der Waals surface area contributed by atoms with Crippen LogP contribution in [0, 0.1) is 12.7 Å². The van der Waals surface area contributed by atoms with Crippen molar-refractivity contribution in [3.05, 3.63) is 76.0 Å². The molecule has 2 N–H and O–H groups in total. The fourth-order valence-corrected chi connectivity index (χ4v) is 3.22. The van der Waals surface area contributed by atoms with E-state index >= 15 is 0 Å². The number of amides is 2. The van der Waals surface area contributed by atoms with Crippen LogP contribution in [0.1, 0.15) is 22.8 Å². The van der Waals surface area contributed by atoms with Crippen LogP contribution in [0.3, 0.4) is 0 Å². The zero-order chi connectivity index (χ0) is 22.1. The minimum atomic E-state index is -0.712. The van der Waals surface area contributed by atoms with Crippen molar-refractivity contribution in [2.24, 2.45) is 0 Å². The molecule has 8 nitrogen and oxygen atoms in total. The largest absolute Gasteiger partial charge is 0.454 e. The normalized spacial score (nSPS) is 11.8. The molecule has 9 heteroatoms. The highest BCUT2D eigenvalue weighted by molar-refractivity contribution is 6.05. The summed E-state index contributed by atoms with van der Waals surface area (Å²) in [6.07, 6.45) is 1.56. The Kier molecular flexibility index (Phi) is 5.16. The summed E-state index contributed by atoms with van der Waals surface area (Å²) in [5.74, 6) is -0.725. The number of rotatable bonds is 4. The minimum absolute atomic E-state index is 0.00782. The molecular weight excluding hydrogens is 405 g/mol. The number of halogens is 1. The number of ether oxygens (including phenoxy) is 2. The van der Waals surface area contributed by atoms with Gasteiger partial charge in [-0.15, -0.1) is 0 Å². The van der Waals surface area contributed by atoms with E-state index in [9.17, 15) is 18.8 Å². The van der Waals surface area contributed by atoms with Crippen LogP contribution in [-0.4, -0.2) is 23.2 Å². The van der Waals surface area contributed by atoms with E-state index in [-0.39, 0.29) is 23.7 Å². The van der Waals surface area contributed by atoms with E-state index < -0.39 is 23.2 Å². The smallest absolute Gasteiger partial charge is 0.268 e. The molecule has 0 saturated carbocycles. The maximum atomic E-state index is 14.2. The Hall–Kier alpha value is -4.14. The summed E-state index contributed by atoms with van der Waals surface area (Å²) < 4.78 is 26.1. The van der Waals surface area contributed by atoms with Crippen LogP contribution in [0.5, 0.6) is 11.5 Å². The highest BCUT2D eigenvalue weighted by atomic mass is 19.1. The average Bonchev–Trinajstić information content (AvgIpc) is 3.18. The molecule has 0 saturated heterocycles. The molecule has 0 atom stereocenters. The molecule has 0 aliphatic carbocycles. The second-order valence-corrected chi connectivity index (χ2v) is 6.92. The number of anilines is 2. The van der Waals surface area contributed by atoms with Gasteiger partial charge in [0.05, 0.1) is 11.4 Å². The first kappa shape index (κ1) is 20.1. The summed E-state index contributed by atoms with van der Waals surface area (Å²) >= 11 is 0. The minimum Gasteiger partial charge on any atom is -0.454 e. The molecule has 2 aromatic carbocycles. The number of aromatic nitrogens is 1. The summed E-state index contributed by atoms with van der Waals surface area (Å²) in [4.78, 5) is 37.0. The molecule has 2 heterocycles. The monoisotopic (exact) mass is 423 g/mol. The number of nitrogens with one attached hydrogen (secondary N) is 2. The molecule has 1 aliphatic rings. The molecule has 158 valence electrons. The van der Waals surface area contributed by atoms with Crippen LogP contribution in [0.2, 0.25) is 0 Å². The van der Waals surface area contributed by atoms with Gasteiger partial charge in [0.2, 0.25) is 12.7 Å². The van der Waals surface area contributed by atoms with Gasteiger partial charge in [0.1, 0.15) is 11.4 Å². The van der Waals surface area contributed by atoms with Crippen molar-refractivity contribution >= 4 is 23.2 Å². The van der Waals surface area contributed by atoms with E-state index in [1.165, 1.54) is 23.6 Å². The lowest BCUT2D eigenvalue weighted by atomic mass is 10.1. The molecule has 1 aliphatic heterocycles. The Labute approximate surface area is 176 Å². The van der Waals surface area contributed by atoms with Crippen LogP contribution in [0.15, 0.2) is 53.5 Å². The number of carbonyl (C=O) groups excluding carboxylic acids is 2. The van der Waals surface area contributed by atoms with Gasteiger partial charge in [-0.25, -0.2) is 4.39 Å². The first-order chi connectivity index (χ1) is 14.8. The summed E-state index contributed by atoms with van der Waals surface area (Å²) in [6.45, 7) is 3.01. The summed E-state index contributed by atoms with van der Waals surface area (Å²) in [5.41, 5.74) is 0.502. The zero-order valence-corrected chi connectivity index (χ0v) is 16.7. The van der Waals surface area contributed by atoms with Gasteiger partial charge in [-0.05, 0) is 48.9 Å². The van der Waals surface area contributed by atoms with Gasteiger partial charge in [0, 0.05) is 24.9 Å². The molecule has 31 heavy (non-hydrogen) atoms. The van der Waals surface area contributed by atoms with E-state index in [1.807, 2.05) is 0 Å². The second-order valence-electron chi connectivity index (χ2n) is 6.92. The Bertz CT molecular complexity index is 1270. The van der Waals surface area contributed by atoms with Gasteiger partial charge < -0.3 is 20.1 Å². The van der Waals surface area contributed by atoms with Gasteiger partial charge in [0.15, 0.2) is 11.5 Å². The fraction of sp³-hybridized carbons (Fsp3) is 0.136. The standard InChI is InChI=1S/C22H18FN3O5/c1-12-7-8-26(15-4-6-18-19(10-15)31-11-30-18)22(29)20(12)21(28)25-14-3-5-17(16(23)9-14)24-13(2)27/h3-10H,11H2,1-2H3,(H,24,27)(H,25,28). The van der Waals surface area contributed by atoms with Crippen molar-refractivity contribution in [2.45, 2.75) is 13.8 Å². The Morgan fingerprint density at radius 1 is 1.03 bits per heavy atom. The maximum Gasteiger partial charge on any atom is 0.268 e. The highest BCUT2D eigenvalue weighted by Crippen LogP contribution is 2.33. The third-order valence-corrected chi connectivity index (χ3v) is 4.70. The first-order valence-corrected chi connectivity index (χ1v) is 9.34. The van der Waals surface area contributed by atoms with Gasteiger partial charge >= 0.3 is 0 Å². The molecular formula is C22H18FN3O5. The molecule has 3 aromatic rings. The summed E-state index contributed by atoms with van der Waals surface area (Å²) in [7, 11) is 0. The summed E-state index contributed by atoms with van der Waals surface area (Å²) in [5, 5.41) is 4.88. The van der Waals surface area contributed by atoms with Crippen molar-refractivity contribution in [3.8, 4) is 17.2 Å². The number of aryl methyl sites for hydroxylation is 1. The number of fused-ring (bicyclic) bond motifs is 1. The Balaban J connectivity index is 1.64. The number of benzene rings is 2. The molecule has 0 unspecified atom stereocenters. The zero-order valence-electron chi connectivity index (χ0n) is 16.7. The number of nitrogens with zero attached hydrogens (tertiary/aromatic N) is 1. The van der Waals surface area contributed by atoms with Crippen molar-refractivity contribution in [1.29, 1.82) is 0 Å². The van der Waals surface area contributed by atoms with E-state index in [2.05, 4.69) is 10.6 Å². The van der Waals surface area contributed by atoms with Crippen molar-refractivity contribution in [1.82, 2.24) is 4.57 Å². The third kappa shape index (κ3) is 3.97. The molecule has 0 spiro atoms. The Morgan fingerprint density at radius 2 is 1.81 bits per heavy atom. The summed E-state index contributed by atoms with van der Waals surface area (Å²) in [6, 6.07) is 10.5. The topological polar surface area (TPSA) is 98.7 Å². The fourth-order valence-electron chi connectivity index (χ4n) is 3.22. The van der Waals surface area contributed by atoms with Crippen molar-refractivity contribution in [2.75, 3.05) is 17.4 Å². The second kappa shape index (κ2) is 7.94. The van der Waals surface area contributed by atoms with E-state index in [1.54, 1.807) is 37.4 Å². The lowest BCUT2D eigenvalue weighted by Gasteiger charge is -2.12. The van der Waals surface area contributed by atoms with E-state index in [4.69, 9.17) is 9.47 Å². The van der Waals surface area contributed by atoms with Crippen LogP contribution in [-0.2, 0) is 4.79 Å². The quantitative estimate of drug-likeness (QED) is 0.671. The van der Waals surface area contributed by atoms with Gasteiger partial charge in [-0.1, -0.05) is 0 Å². The van der Waals surface area contributed by atoms with Crippen LogP contribution in [0.4, 0.5) is 15.8 Å². The van der Waals surface area contributed by atoms with Crippen molar-refractivity contribution < 1.29 is 23.5 Å². The van der Waals surface area contributed by atoms with E-state index in [0.29, 0.717) is 22.7 Å². The van der Waals surface area contributed by atoms with Gasteiger partial charge in [-0.3, -0.25) is 19.0 Å². The van der Waals surface area contributed by atoms with Gasteiger partial charge in [0.25, 0.3) is 11.5 Å². The van der Waals surface area contributed by atoms with Crippen LogP contribution in [0.25, 0.3) is 5.69 Å². The number of carbonyl (C=O) groups is 2. The first-order valence-electron chi connectivity index (χ1n) is 9.34. The highest BCUT2D eigenvalue weighted by Gasteiger charge is 2.19.